The third-order valence-corrected chi connectivity index (χ3v) is 4.76. The van der Waals surface area contributed by atoms with Crippen LogP contribution in [0.25, 0.3) is 0 Å². The molecular weight excluding hydrogens is 331 g/mol. The van der Waals surface area contributed by atoms with Gasteiger partial charge in [-0.3, -0.25) is 0 Å². The van der Waals surface area contributed by atoms with Crippen LogP contribution < -0.4 is 4.74 Å². The van der Waals surface area contributed by atoms with Crippen molar-refractivity contribution in [2.75, 3.05) is 7.11 Å². The Labute approximate surface area is 134 Å². The lowest BCUT2D eigenvalue weighted by Crippen LogP contribution is -2.02. The van der Waals surface area contributed by atoms with Crippen molar-refractivity contribution in [3.63, 3.8) is 0 Å². The number of benzene rings is 2. The highest BCUT2D eigenvalue weighted by atomic mass is 79.9. The fourth-order valence-corrected chi connectivity index (χ4v) is 3.31. The molecule has 0 fully saturated rings. The Morgan fingerprint density at radius 1 is 1.10 bits per heavy atom. The molecule has 0 aromatic heterocycles. The zero-order valence-corrected chi connectivity index (χ0v) is 14.2. The van der Waals surface area contributed by atoms with Gasteiger partial charge in [-0.25, -0.2) is 4.39 Å². The molecule has 0 saturated heterocycles. The molecule has 1 atom stereocenters. The van der Waals surface area contributed by atoms with Crippen molar-refractivity contribution in [3.05, 3.63) is 64.5 Å². The lowest BCUT2D eigenvalue weighted by molar-refractivity contribution is 0.405. The maximum Gasteiger partial charge on any atom is 0.131 e. The van der Waals surface area contributed by atoms with Gasteiger partial charge in [0.05, 0.1) is 11.9 Å². The van der Waals surface area contributed by atoms with E-state index >= 15 is 0 Å². The van der Waals surface area contributed by atoms with Crippen molar-refractivity contribution in [1.82, 2.24) is 0 Å². The topological polar surface area (TPSA) is 9.23 Å². The molecule has 3 heteroatoms. The van der Waals surface area contributed by atoms with Crippen molar-refractivity contribution in [3.8, 4) is 5.75 Å². The SMILES string of the molecule is CCc1ccc(C(Br)c2c(F)cccc2OC)cc1CC. The van der Waals surface area contributed by atoms with Gasteiger partial charge in [-0.15, -0.1) is 0 Å². The molecule has 112 valence electrons. The minimum Gasteiger partial charge on any atom is -0.496 e. The van der Waals surface area contributed by atoms with Crippen molar-refractivity contribution >= 4 is 15.9 Å². The van der Waals surface area contributed by atoms with Crippen molar-refractivity contribution in [2.24, 2.45) is 0 Å². The fraction of sp³-hybridized carbons (Fsp3) is 0.333. The minimum atomic E-state index is -0.256. The average Bonchev–Trinajstić information content (AvgIpc) is 2.53. The Bertz CT molecular complexity index is 625. The summed E-state index contributed by atoms with van der Waals surface area (Å²) in [6.07, 6.45) is 1.99. The summed E-state index contributed by atoms with van der Waals surface area (Å²) in [5, 5.41) is 0. The second-order valence-electron chi connectivity index (χ2n) is 4.95. The van der Waals surface area contributed by atoms with Crippen LogP contribution in [0.1, 0.15) is 40.9 Å². The molecule has 0 bridgehead atoms. The van der Waals surface area contributed by atoms with E-state index in [1.54, 1.807) is 19.2 Å². The van der Waals surface area contributed by atoms with Crippen molar-refractivity contribution in [1.29, 1.82) is 0 Å². The van der Waals surface area contributed by atoms with Crippen molar-refractivity contribution in [2.45, 2.75) is 31.5 Å². The predicted molar refractivity (Wildman–Crippen MR) is 88.9 cm³/mol. The molecule has 0 radical (unpaired) electrons. The Morgan fingerprint density at radius 3 is 2.43 bits per heavy atom. The first-order chi connectivity index (χ1) is 10.1. The van der Waals surface area contributed by atoms with Gasteiger partial charge in [0.15, 0.2) is 0 Å². The maximum atomic E-state index is 14.2. The highest BCUT2D eigenvalue weighted by molar-refractivity contribution is 9.09. The van der Waals surface area contributed by atoms with Crippen LogP contribution in [0.15, 0.2) is 36.4 Å². The molecule has 21 heavy (non-hydrogen) atoms. The quantitative estimate of drug-likeness (QED) is 0.652. The van der Waals surface area contributed by atoms with Crippen LogP contribution in [0.5, 0.6) is 5.75 Å². The first-order valence-electron chi connectivity index (χ1n) is 7.20. The molecular formula is C18H20BrFO. The summed E-state index contributed by atoms with van der Waals surface area (Å²) in [5.74, 6) is 0.309. The Kier molecular flexibility index (Phi) is 5.40. The molecule has 0 N–H and O–H groups in total. The van der Waals surface area contributed by atoms with Crippen LogP contribution in [0.2, 0.25) is 0 Å². The summed E-state index contributed by atoms with van der Waals surface area (Å²) in [5.41, 5.74) is 4.26. The van der Waals surface area contributed by atoms with E-state index in [0.29, 0.717) is 11.3 Å². The van der Waals surface area contributed by atoms with E-state index in [0.717, 1.165) is 18.4 Å². The molecule has 0 aliphatic rings. The van der Waals surface area contributed by atoms with Gasteiger partial charge in [0.2, 0.25) is 0 Å². The molecule has 2 rings (SSSR count). The number of hydrogen-bond acceptors (Lipinski definition) is 1. The Balaban J connectivity index is 2.47. The number of hydrogen-bond donors (Lipinski definition) is 0. The average molecular weight is 351 g/mol. The van der Waals surface area contributed by atoms with Gasteiger partial charge in [0.1, 0.15) is 11.6 Å². The van der Waals surface area contributed by atoms with Gasteiger partial charge in [-0.2, -0.15) is 0 Å². The van der Waals surface area contributed by atoms with Gasteiger partial charge >= 0.3 is 0 Å². The molecule has 0 saturated carbocycles. The third kappa shape index (κ3) is 3.29. The summed E-state index contributed by atoms with van der Waals surface area (Å²) in [4.78, 5) is -0.218. The molecule has 1 nitrogen and oxygen atoms in total. The first kappa shape index (κ1) is 16.0. The largest absolute Gasteiger partial charge is 0.496 e. The standard InChI is InChI=1S/C18H20BrFO/c1-4-12-9-10-14(11-13(12)5-2)18(19)17-15(20)7-6-8-16(17)21-3/h6-11,18H,4-5H2,1-3H3. The lowest BCUT2D eigenvalue weighted by Gasteiger charge is -2.17. The highest BCUT2D eigenvalue weighted by Crippen LogP contribution is 2.38. The zero-order valence-electron chi connectivity index (χ0n) is 12.6. The van der Waals surface area contributed by atoms with E-state index in [4.69, 9.17) is 4.74 Å². The van der Waals surface area contributed by atoms with Crippen LogP contribution in [0.4, 0.5) is 4.39 Å². The van der Waals surface area contributed by atoms with Crippen LogP contribution in [0.3, 0.4) is 0 Å². The number of rotatable bonds is 5. The Hall–Kier alpha value is -1.35. The van der Waals surface area contributed by atoms with Crippen LogP contribution in [-0.2, 0) is 12.8 Å². The summed E-state index contributed by atoms with van der Waals surface area (Å²) >= 11 is 3.63. The normalized spacial score (nSPS) is 12.2. The third-order valence-electron chi connectivity index (χ3n) is 3.77. The number of methoxy groups -OCH3 is 1. The van der Waals surface area contributed by atoms with Crippen LogP contribution >= 0.6 is 15.9 Å². The molecule has 0 spiro atoms. The monoisotopic (exact) mass is 350 g/mol. The van der Waals surface area contributed by atoms with E-state index in [1.807, 2.05) is 0 Å². The Morgan fingerprint density at radius 2 is 1.81 bits per heavy atom. The van der Waals surface area contributed by atoms with Gasteiger partial charge in [-0.1, -0.05) is 54.0 Å². The second kappa shape index (κ2) is 7.08. The summed E-state index contributed by atoms with van der Waals surface area (Å²) in [6, 6.07) is 11.3. The molecule has 0 amide bonds. The summed E-state index contributed by atoms with van der Waals surface area (Å²) in [7, 11) is 1.57. The molecule has 1 unspecified atom stereocenters. The van der Waals surface area contributed by atoms with Gasteiger partial charge in [0.25, 0.3) is 0 Å². The van der Waals surface area contributed by atoms with E-state index in [9.17, 15) is 4.39 Å². The molecule has 0 heterocycles. The van der Waals surface area contributed by atoms with E-state index < -0.39 is 0 Å². The van der Waals surface area contributed by atoms with Gasteiger partial charge < -0.3 is 4.74 Å². The smallest absolute Gasteiger partial charge is 0.131 e. The number of halogens is 2. The number of aryl methyl sites for hydroxylation is 2. The lowest BCUT2D eigenvalue weighted by atomic mass is 9.96. The van der Waals surface area contributed by atoms with Crippen LogP contribution in [-0.4, -0.2) is 7.11 Å². The first-order valence-corrected chi connectivity index (χ1v) is 8.12. The van der Waals surface area contributed by atoms with E-state index in [-0.39, 0.29) is 10.6 Å². The zero-order chi connectivity index (χ0) is 15.4. The van der Waals surface area contributed by atoms with Gasteiger partial charge in [0, 0.05) is 5.56 Å². The predicted octanol–water partition coefficient (Wildman–Crippen LogP) is 5.44. The number of ether oxygens (including phenoxy) is 1. The maximum absolute atomic E-state index is 14.2. The second-order valence-corrected chi connectivity index (χ2v) is 5.87. The minimum absolute atomic E-state index is 0.218. The fourth-order valence-electron chi connectivity index (χ4n) is 2.59. The highest BCUT2D eigenvalue weighted by Gasteiger charge is 2.20. The number of alkyl halides is 1. The molecule has 0 aliphatic carbocycles. The van der Waals surface area contributed by atoms with E-state index in [2.05, 4.69) is 48.0 Å². The molecule has 0 aliphatic heterocycles. The molecule has 2 aromatic carbocycles. The summed E-state index contributed by atoms with van der Waals surface area (Å²) in [6.45, 7) is 4.30. The van der Waals surface area contributed by atoms with E-state index in [1.165, 1.54) is 17.2 Å². The summed E-state index contributed by atoms with van der Waals surface area (Å²) < 4.78 is 19.5. The van der Waals surface area contributed by atoms with Crippen LogP contribution in [0, 0.1) is 5.82 Å². The van der Waals surface area contributed by atoms with Crippen molar-refractivity contribution < 1.29 is 9.13 Å². The molecule has 2 aromatic rings. The van der Waals surface area contributed by atoms with Gasteiger partial charge in [-0.05, 0) is 41.7 Å².